The smallest absolute Gasteiger partial charge is 0.188 e. The lowest BCUT2D eigenvalue weighted by Gasteiger charge is -2.25. The van der Waals surface area contributed by atoms with Gasteiger partial charge in [-0.1, -0.05) is 6.42 Å². The van der Waals surface area contributed by atoms with Crippen LogP contribution in [0.1, 0.15) is 30.5 Å². The molecule has 1 fully saturated rings. The molecular weight excluding hydrogens is 330 g/mol. The number of nitrogens with two attached hydrogens (primary N) is 1. The summed E-state index contributed by atoms with van der Waals surface area (Å²) in [5, 5.41) is 3.19. The maximum absolute atomic E-state index is 5.89. The van der Waals surface area contributed by atoms with Crippen LogP contribution in [0.25, 0.3) is 5.65 Å². The van der Waals surface area contributed by atoms with Gasteiger partial charge in [0.15, 0.2) is 5.96 Å². The number of halogens is 1. The molecule has 0 saturated heterocycles. The largest absolute Gasteiger partial charge is 0.370 e. The number of aryl methyl sites for hydroxylation is 1. The molecular formula is C15H20BrN5. The molecule has 1 aliphatic rings. The quantitative estimate of drug-likeness (QED) is 0.658. The number of aromatic nitrogens is 2. The van der Waals surface area contributed by atoms with Gasteiger partial charge in [-0.05, 0) is 53.2 Å². The lowest BCUT2D eigenvalue weighted by Crippen LogP contribution is -2.37. The number of rotatable bonds is 4. The van der Waals surface area contributed by atoms with Crippen LogP contribution in [0.2, 0.25) is 0 Å². The second-order valence-electron chi connectivity index (χ2n) is 5.68. The zero-order valence-electron chi connectivity index (χ0n) is 12.1. The fourth-order valence-electron chi connectivity index (χ4n) is 2.52. The molecule has 1 aliphatic carbocycles. The minimum atomic E-state index is 0.502. The molecule has 6 heteroatoms. The minimum Gasteiger partial charge on any atom is -0.370 e. The number of hydrogen-bond acceptors (Lipinski definition) is 2. The van der Waals surface area contributed by atoms with Crippen molar-refractivity contribution in [3.05, 3.63) is 34.2 Å². The number of guanidine groups is 1. The predicted octanol–water partition coefficient (Wildman–Crippen LogP) is 2.61. The van der Waals surface area contributed by atoms with Crippen molar-refractivity contribution in [2.45, 2.75) is 32.7 Å². The number of aliphatic imine (C=N–C) groups is 1. The second-order valence-corrected chi connectivity index (χ2v) is 6.60. The van der Waals surface area contributed by atoms with Crippen molar-refractivity contribution in [2.24, 2.45) is 16.6 Å². The van der Waals surface area contributed by atoms with Gasteiger partial charge in [-0.2, -0.15) is 0 Å². The first kappa shape index (κ1) is 14.4. The van der Waals surface area contributed by atoms with E-state index in [9.17, 15) is 0 Å². The van der Waals surface area contributed by atoms with Gasteiger partial charge in [-0.15, -0.1) is 0 Å². The van der Waals surface area contributed by atoms with Crippen LogP contribution in [-0.2, 0) is 6.54 Å². The molecule has 112 valence electrons. The zero-order valence-corrected chi connectivity index (χ0v) is 13.7. The Hall–Kier alpha value is -1.56. The van der Waals surface area contributed by atoms with Crippen LogP contribution < -0.4 is 11.1 Å². The molecule has 0 aliphatic heterocycles. The topological polar surface area (TPSA) is 67.7 Å². The van der Waals surface area contributed by atoms with Crippen molar-refractivity contribution >= 4 is 27.5 Å². The van der Waals surface area contributed by atoms with E-state index in [1.165, 1.54) is 19.3 Å². The Morgan fingerprint density at radius 2 is 2.33 bits per heavy atom. The maximum atomic E-state index is 5.89. The van der Waals surface area contributed by atoms with Crippen LogP contribution in [0.5, 0.6) is 0 Å². The molecule has 0 atom stereocenters. The highest BCUT2D eigenvalue weighted by Gasteiger charge is 2.16. The van der Waals surface area contributed by atoms with E-state index in [2.05, 4.69) is 44.2 Å². The zero-order chi connectivity index (χ0) is 14.8. The molecule has 2 aromatic heterocycles. The van der Waals surface area contributed by atoms with Crippen molar-refractivity contribution in [3.63, 3.8) is 0 Å². The first-order valence-electron chi connectivity index (χ1n) is 7.29. The SMILES string of the molecule is Cc1cc(Br)cn2cc(CN=C(N)NCC3CCC3)nc12. The number of imidazole rings is 1. The third-order valence-corrected chi connectivity index (χ3v) is 4.39. The van der Waals surface area contributed by atoms with Crippen LogP contribution in [0.4, 0.5) is 0 Å². The van der Waals surface area contributed by atoms with Crippen LogP contribution in [0, 0.1) is 12.8 Å². The molecule has 0 radical (unpaired) electrons. The molecule has 2 aromatic rings. The molecule has 21 heavy (non-hydrogen) atoms. The number of hydrogen-bond donors (Lipinski definition) is 2. The van der Waals surface area contributed by atoms with E-state index in [0.717, 1.165) is 33.8 Å². The first-order chi connectivity index (χ1) is 10.1. The van der Waals surface area contributed by atoms with Gasteiger partial charge >= 0.3 is 0 Å². The first-order valence-corrected chi connectivity index (χ1v) is 8.08. The van der Waals surface area contributed by atoms with E-state index < -0.39 is 0 Å². The normalized spacial score (nSPS) is 16.2. The van der Waals surface area contributed by atoms with E-state index in [1.807, 2.05) is 16.8 Å². The predicted molar refractivity (Wildman–Crippen MR) is 88.3 cm³/mol. The highest BCUT2D eigenvalue weighted by atomic mass is 79.9. The van der Waals surface area contributed by atoms with E-state index in [0.29, 0.717) is 12.5 Å². The maximum Gasteiger partial charge on any atom is 0.188 e. The van der Waals surface area contributed by atoms with Crippen LogP contribution in [0.3, 0.4) is 0 Å². The molecule has 1 saturated carbocycles. The number of nitrogens with one attached hydrogen (secondary N) is 1. The second kappa shape index (κ2) is 6.05. The molecule has 0 spiro atoms. The monoisotopic (exact) mass is 349 g/mol. The summed E-state index contributed by atoms with van der Waals surface area (Å²) in [5.41, 5.74) is 8.91. The summed E-state index contributed by atoms with van der Waals surface area (Å²) in [6, 6.07) is 2.06. The standard InChI is InChI=1S/C15H20BrN5/c1-10-5-12(16)8-21-9-13(20-14(10)21)7-19-15(17)18-6-11-3-2-4-11/h5,8-9,11H,2-4,6-7H2,1H3,(H3,17,18,19). The summed E-state index contributed by atoms with van der Waals surface area (Å²) in [4.78, 5) is 8.97. The lowest BCUT2D eigenvalue weighted by atomic mass is 9.85. The van der Waals surface area contributed by atoms with Gasteiger partial charge in [-0.3, -0.25) is 0 Å². The van der Waals surface area contributed by atoms with Crippen molar-refractivity contribution in [2.75, 3.05) is 6.54 Å². The summed E-state index contributed by atoms with van der Waals surface area (Å²) < 4.78 is 3.06. The third-order valence-electron chi connectivity index (χ3n) is 3.96. The Labute approximate surface area is 132 Å². The average Bonchev–Trinajstić information content (AvgIpc) is 2.77. The Kier molecular flexibility index (Phi) is 4.14. The summed E-state index contributed by atoms with van der Waals surface area (Å²) in [6.45, 7) is 3.49. The van der Waals surface area contributed by atoms with Crippen molar-refractivity contribution in [1.82, 2.24) is 14.7 Å². The van der Waals surface area contributed by atoms with Crippen LogP contribution in [-0.4, -0.2) is 21.9 Å². The van der Waals surface area contributed by atoms with E-state index in [4.69, 9.17) is 5.73 Å². The Morgan fingerprint density at radius 3 is 3.05 bits per heavy atom. The van der Waals surface area contributed by atoms with E-state index in [-0.39, 0.29) is 0 Å². The number of nitrogens with zero attached hydrogens (tertiary/aromatic N) is 3. The molecule has 0 aromatic carbocycles. The molecule has 0 unspecified atom stereocenters. The fourth-order valence-corrected chi connectivity index (χ4v) is 3.08. The van der Waals surface area contributed by atoms with E-state index in [1.54, 1.807) is 0 Å². The van der Waals surface area contributed by atoms with Gasteiger partial charge in [0.1, 0.15) is 5.65 Å². The molecule has 2 heterocycles. The van der Waals surface area contributed by atoms with Gasteiger partial charge in [0, 0.05) is 23.4 Å². The lowest BCUT2D eigenvalue weighted by molar-refractivity contribution is 0.315. The van der Waals surface area contributed by atoms with Gasteiger partial charge in [0.2, 0.25) is 0 Å². The minimum absolute atomic E-state index is 0.502. The van der Waals surface area contributed by atoms with Crippen molar-refractivity contribution in [1.29, 1.82) is 0 Å². The number of fused-ring (bicyclic) bond motifs is 1. The summed E-state index contributed by atoms with van der Waals surface area (Å²) in [5.74, 6) is 1.28. The fraction of sp³-hybridized carbons (Fsp3) is 0.467. The summed E-state index contributed by atoms with van der Waals surface area (Å²) in [7, 11) is 0. The molecule has 5 nitrogen and oxygen atoms in total. The average molecular weight is 350 g/mol. The Morgan fingerprint density at radius 1 is 1.52 bits per heavy atom. The van der Waals surface area contributed by atoms with E-state index >= 15 is 0 Å². The highest BCUT2D eigenvalue weighted by Crippen LogP contribution is 2.25. The van der Waals surface area contributed by atoms with Crippen molar-refractivity contribution < 1.29 is 0 Å². The third kappa shape index (κ3) is 3.37. The molecule has 3 N–H and O–H groups in total. The molecule has 0 bridgehead atoms. The van der Waals surface area contributed by atoms with Gasteiger partial charge < -0.3 is 15.5 Å². The van der Waals surface area contributed by atoms with Gasteiger partial charge in [0.25, 0.3) is 0 Å². The molecule has 0 amide bonds. The van der Waals surface area contributed by atoms with Crippen LogP contribution in [0.15, 0.2) is 27.9 Å². The summed E-state index contributed by atoms with van der Waals surface area (Å²) >= 11 is 3.49. The number of pyridine rings is 1. The Bertz CT molecular complexity index is 672. The van der Waals surface area contributed by atoms with Crippen LogP contribution >= 0.6 is 15.9 Å². The van der Waals surface area contributed by atoms with Crippen molar-refractivity contribution in [3.8, 4) is 0 Å². The Balaban J connectivity index is 1.65. The summed E-state index contributed by atoms with van der Waals surface area (Å²) in [6.07, 6.45) is 7.96. The van der Waals surface area contributed by atoms with Gasteiger partial charge in [0.05, 0.1) is 12.2 Å². The van der Waals surface area contributed by atoms with Gasteiger partial charge in [-0.25, -0.2) is 9.98 Å². The molecule has 3 rings (SSSR count). The highest BCUT2D eigenvalue weighted by molar-refractivity contribution is 9.10.